The first-order valence-electron chi connectivity index (χ1n) is 5.89. The zero-order chi connectivity index (χ0) is 13.0. The summed E-state index contributed by atoms with van der Waals surface area (Å²) < 4.78 is 0. The first-order chi connectivity index (χ1) is 8.68. The van der Waals surface area contributed by atoms with Gasteiger partial charge in [-0.05, 0) is 23.6 Å². The number of hydrogen-bond acceptors (Lipinski definition) is 1. The van der Waals surface area contributed by atoms with Crippen LogP contribution in [0.3, 0.4) is 0 Å². The minimum Gasteiger partial charge on any atom is -0.317 e. The molecule has 2 N–H and O–H groups in total. The molecule has 0 amide bonds. The molecule has 1 unspecified atom stereocenters. The summed E-state index contributed by atoms with van der Waals surface area (Å²) in [6, 6.07) is 17.7. The Kier molecular flexibility index (Phi) is 3.85. The smallest absolute Gasteiger partial charge is 0.0714 e. The zero-order valence-electron chi connectivity index (χ0n) is 10.1. The molecule has 0 heterocycles. The number of rotatable bonds is 4. The van der Waals surface area contributed by atoms with E-state index in [-0.39, 0.29) is 0 Å². The Morgan fingerprint density at radius 1 is 1.06 bits per heavy atom. The lowest BCUT2D eigenvalue weighted by molar-refractivity contribution is 0.548. The first-order valence-corrected chi connectivity index (χ1v) is 6.26. The van der Waals surface area contributed by atoms with Crippen molar-refractivity contribution < 1.29 is 0 Å². The molecule has 1 nitrogen and oxygen atoms in total. The Morgan fingerprint density at radius 3 is 2.28 bits per heavy atom. The summed E-state index contributed by atoms with van der Waals surface area (Å²) in [5.74, 6) is 0. The second kappa shape index (κ2) is 5.38. The molecule has 0 radical (unpaired) electrons. The van der Waals surface area contributed by atoms with Crippen LogP contribution in [0, 0.1) is 0 Å². The molecule has 0 spiro atoms. The van der Waals surface area contributed by atoms with E-state index in [0.29, 0.717) is 11.4 Å². The van der Waals surface area contributed by atoms with Gasteiger partial charge in [0, 0.05) is 5.02 Å². The highest BCUT2D eigenvalue weighted by Crippen LogP contribution is 2.34. The van der Waals surface area contributed by atoms with Crippen LogP contribution in [0.1, 0.15) is 17.5 Å². The number of hydrogen-bond donors (Lipinski definition) is 1. The molecule has 0 saturated carbocycles. The van der Waals surface area contributed by atoms with Gasteiger partial charge in [0.15, 0.2) is 0 Å². The van der Waals surface area contributed by atoms with Gasteiger partial charge in [0.1, 0.15) is 0 Å². The minimum absolute atomic E-state index is 0.624. The van der Waals surface area contributed by atoms with Gasteiger partial charge in [0.05, 0.1) is 5.54 Å². The number of halogens is 1. The molecule has 92 valence electrons. The second-order valence-corrected chi connectivity index (χ2v) is 4.72. The van der Waals surface area contributed by atoms with E-state index in [9.17, 15) is 0 Å². The van der Waals surface area contributed by atoms with E-state index in [0.717, 1.165) is 11.1 Å². The van der Waals surface area contributed by atoms with Gasteiger partial charge in [0.25, 0.3) is 0 Å². The van der Waals surface area contributed by atoms with Crippen molar-refractivity contribution in [2.45, 2.75) is 12.0 Å². The molecule has 2 heteroatoms. The van der Waals surface area contributed by atoms with Crippen LogP contribution in [0.25, 0.3) is 0 Å². The predicted molar refractivity (Wildman–Crippen MR) is 77.7 cm³/mol. The molecular formula is C16H16ClN. The van der Waals surface area contributed by atoms with Gasteiger partial charge in [-0.3, -0.25) is 0 Å². The van der Waals surface area contributed by atoms with Crippen molar-refractivity contribution in [3.05, 3.63) is 83.4 Å². The summed E-state index contributed by atoms with van der Waals surface area (Å²) in [5, 5.41) is 0.686. The van der Waals surface area contributed by atoms with E-state index in [1.165, 1.54) is 0 Å². The lowest BCUT2D eigenvalue weighted by Crippen LogP contribution is -2.37. The maximum absolute atomic E-state index is 6.60. The molecule has 1 atom stereocenters. The molecule has 0 bridgehead atoms. The minimum atomic E-state index is -0.624. The van der Waals surface area contributed by atoms with Gasteiger partial charge in [-0.2, -0.15) is 0 Å². The SMILES string of the molecule is C=CCC(N)(c1ccccc1)c1ccccc1Cl. The van der Waals surface area contributed by atoms with E-state index in [1.807, 2.05) is 60.7 Å². The van der Waals surface area contributed by atoms with Crippen LogP contribution in [0.5, 0.6) is 0 Å². The summed E-state index contributed by atoms with van der Waals surface area (Å²) >= 11 is 6.28. The van der Waals surface area contributed by atoms with Crippen molar-refractivity contribution in [2.24, 2.45) is 5.73 Å². The van der Waals surface area contributed by atoms with Crippen LogP contribution in [-0.2, 0) is 5.54 Å². The molecule has 0 aliphatic carbocycles. The monoisotopic (exact) mass is 257 g/mol. The molecule has 0 fully saturated rings. The lowest BCUT2D eigenvalue weighted by Gasteiger charge is -2.30. The fourth-order valence-corrected chi connectivity index (χ4v) is 2.47. The maximum atomic E-state index is 6.60. The molecule has 18 heavy (non-hydrogen) atoms. The van der Waals surface area contributed by atoms with Crippen LogP contribution in [0.15, 0.2) is 67.3 Å². The first kappa shape index (κ1) is 12.9. The molecule has 0 saturated heterocycles. The topological polar surface area (TPSA) is 26.0 Å². The number of benzene rings is 2. The van der Waals surface area contributed by atoms with Crippen LogP contribution in [-0.4, -0.2) is 0 Å². The van der Waals surface area contributed by atoms with E-state index < -0.39 is 5.54 Å². The van der Waals surface area contributed by atoms with E-state index >= 15 is 0 Å². The van der Waals surface area contributed by atoms with Crippen LogP contribution in [0.4, 0.5) is 0 Å². The third-order valence-electron chi connectivity index (χ3n) is 3.11. The molecular weight excluding hydrogens is 242 g/mol. The Morgan fingerprint density at radius 2 is 1.67 bits per heavy atom. The van der Waals surface area contributed by atoms with Gasteiger partial charge in [0.2, 0.25) is 0 Å². The Hall–Kier alpha value is -1.57. The van der Waals surface area contributed by atoms with Crippen molar-refractivity contribution in [3.8, 4) is 0 Å². The largest absolute Gasteiger partial charge is 0.317 e. The molecule has 0 aliphatic heterocycles. The van der Waals surface area contributed by atoms with Gasteiger partial charge in [-0.1, -0.05) is 66.2 Å². The highest BCUT2D eigenvalue weighted by atomic mass is 35.5. The summed E-state index contributed by atoms with van der Waals surface area (Å²) in [7, 11) is 0. The predicted octanol–water partition coefficient (Wildman–Crippen LogP) is 4.12. The van der Waals surface area contributed by atoms with Crippen molar-refractivity contribution >= 4 is 11.6 Å². The fraction of sp³-hybridized carbons (Fsp3) is 0.125. The van der Waals surface area contributed by atoms with Gasteiger partial charge in [-0.15, -0.1) is 6.58 Å². The Balaban J connectivity index is 2.58. The normalized spacial score (nSPS) is 13.9. The molecule has 2 aromatic carbocycles. The van der Waals surface area contributed by atoms with Gasteiger partial charge >= 0.3 is 0 Å². The third kappa shape index (κ3) is 2.33. The summed E-state index contributed by atoms with van der Waals surface area (Å²) in [6.45, 7) is 3.80. The van der Waals surface area contributed by atoms with E-state index in [1.54, 1.807) is 0 Å². The van der Waals surface area contributed by atoms with Crippen LogP contribution >= 0.6 is 11.6 Å². The van der Waals surface area contributed by atoms with Crippen molar-refractivity contribution in [1.82, 2.24) is 0 Å². The molecule has 2 aromatic rings. The molecule has 0 aromatic heterocycles. The van der Waals surface area contributed by atoms with Gasteiger partial charge in [-0.25, -0.2) is 0 Å². The summed E-state index contributed by atoms with van der Waals surface area (Å²) in [6.07, 6.45) is 2.47. The average molecular weight is 258 g/mol. The highest BCUT2D eigenvalue weighted by molar-refractivity contribution is 6.31. The van der Waals surface area contributed by atoms with Crippen molar-refractivity contribution in [1.29, 1.82) is 0 Å². The lowest BCUT2D eigenvalue weighted by atomic mass is 9.81. The van der Waals surface area contributed by atoms with E-state index in [2.05, 4.69) is 6.58 Å². The van der Waals surface area contributed by atoms with Crippen molar-refractivity contribution in [3.63, 3.8) is 0 Å². The molecule has 0 aliphatic rings. The van der Waals surface area contributed by atoms with Crippen LogP contribution < -0.4 is 5.73 Å². The zero-order valence-corrected chi connectivity index (χ0v) is 10.9. The highest BCUT2D eigenvalue weighted by Gasteiger charge is 2.29. The average Bonchev–Trinajstić information content (AvgIpc) is 2.40. The Bertz CT molecular complexity index is 536. The fourth-order valence-electron chi connectivity index (χ4n) is 2.17. The Labute approximate surface area is 113 Å². The number of nitrogens with two attached hydrogens (primary N) is 1. The van der Waals surface area contributed by atoms with E-state index in [4.69, 9.17) is 17.3 Å². The summed E-state index contributed by atoms with van der Waals surface area (Å²) in [5.41, 5.74) is 7.94. The van der Waals surface area contributed by atoms with Gasteiger partial charge < -0.3 is 5.73 Å². The quantitative estimate of drug-likeness (QED) is 0.820. The van der Waals surface area contributed by atoms with Crippen LogP contribution in [0.2, 0.25) is 5.02 Å². The summed E-state index contributed by atoms with van der Waals surface area (Å²) in [4.78, 5) is 0. The third-order valence-corrected chi connectivity index (χ3v) is 3.44. The standard InChI is InChI=1S/C16H16ClN/c1-2-12-16(18,13-8-4-3-5-9-13)14-10-6-7-11-15(14)17/h2-11H,1,12,18H2. The second-order valence-electron chi connectivity index (χ2n) is 4.31. The maximum Gasteiger partial charge on any atom is 0.0714 e. The molecule has 2 rings (SSSR count). The van der Waals surface area contributed by atoms with Crippen molar-refractivity contribution in [2.75, 3.05) is 0 Å².